The molecule has 0 radical (unpaired) electrons. The predicted molar refractivity (Wildman–Crippen MR) is 71.3 cm³/mol. The molecular formula is C13H20N2O5. The van der Waals surface area contributed by atoms with E-state index < -0.39 is 29.2 Å². The molecule has 1 saturated heterocycles. The number of hydrogen-bond acceptors (Lipinski definition) is 5. The van der Waals surface area contributed by atoms with Crippen molar-refractivity contribution in [2.24, 2.45) is 5.92 Å². The number of H-pyrrole nitrogens is 1. The lowest BCUT2D eigenvalue weighted by molar-refractivity contribution is -0.129. The van der Waals surface area contributed by atoms with Gasteiger partial charge in [0.2, 0.25) is 0 Å². The van der Waals surface area contributed by atoms with Gasteiger partial charge in [0.15, 0.2) is 5.72 Å². The van der Waals surface area contributed by atoms with Gasteiger partial charge in [0.05, 0.1) is 12.7 Å². The van der Waals surface area contributed by atoms with Gasteiger partial charge in [-0.05, 0) is 12.3 Å². The van der Waals surface area contributed by atoms with Crippen LogP contribution in [0.5, 0.6) is 0 Å². The summed E-state index contributed by atoms with van der Waals surface area (Å²) in [5.41, 5.74) is -2.10. The van der Waals surface area contributed by atoms with Crippen LogP contribution >= 0.6 is 0 Å². The van der Waals surface area contributed by atoms with E-state index in [1.807, 2.05) is 13.8 Å². The number of hydrogen-bond donors (Lipinski definition) is 3. The van der Waals surface area contributed by atoms with E-state index >= 15 is 0 Å². The van der Waals surface area contributed by atoms with E-state index in [0.29, 0.717) is 6.42 Å². The second-order valence-corrected chi connectivity index (χ2v) is 5.63. The highest BCUT2D eigenvalue weighted by atomic mass is 16.6. The van der Waals surface area contributed by atoms with Crippen molar-refractivity contribution in [3.63, 3.8) is 0 Å². The molecule has 20 heavy (non-hydrogen) atoms. The molecule has 1 aromatic heterocycles. The smallest absolute Gasteiger partial charge is 0.330 e. The highest BCUT2D eigenvalue weighted by Crippen LogP contribution is 2.39. The van der Waals surface area contributed by atoms with Gasteiger partial charge in [-0.2, -0.15) is 0 Å². The van der Waals surface area contributed by atoms with Crippen LogP contribution in [0.3, 0.4) is 0 Å². The Bertz CT molecular complexity index is 579. The van der Waals surface area contributed by atoms with Crippen LogP contribution in [-0.2, 0) is 10.5 Å². The molecule has 0 bridgehead atoms. The van der Waals surface area contributed by atoms with Crippen molar-refractivity contribution in [1.82, 2.24) is 9.55 Å². The molecule has 0 aromatic carbocycles. The number of aliphatic hydroxyl groups is 2. The maximum absolute atomic E-state index is 12.0. The quantitative estimate of drug-likeness (QED) is 0.683. The zero-order valence-electron chi connectivity index (χ0n) is 11.6. The zero-order chi connectivity index (χ0) is 14.9. The molecule has 7 heteroatoms. The molecule has 0 amide bonds. The molecule has 0 aliphatic carbocycles. The highest BCUT2D eigenvalue weighted by molar-refractivity contribution is 4.96. The minimum Gasteiger partial charge on any atom is -0.394 e. The average molecular weight is 284 g/mol. The minimum atomic E-state index is -1.04. The zero-order valence-corrected chi connectivity index (χ0v) is 11.6. The molecule has 1 fully saturated rings. The number of nitrogens with one attached hydrogen (secondary N) is 1. The van der Waals surface area contributed by atoms with Crippen LogP contribution in [0.15, 0.2) is 21.9 Å². The second-order valence-electron chi connectivity index (χ2n) is 5.63. The fourth-order valence-corrected chi connectivity index (χ4v) is 2.79. The Labute approximate surface area is 115 Å². The molecule has 112 valence electrons. The molecule has 0 unspecified atom stereocenters. The molecule has 1 aromatic rings. The van der Waals surface area contributed by atoms with Crippen molar-refractivity contribution >= 4 is 0 Å². The van der Waals surface area contributed by atoms with Gasteiger partial charge in [0.25, 0.3) is 5.56 Å². The van der Waals surface area contributed by atoms with E-state index in [1.165, 1.54) is 16.8 Å². The first kappa shape index (κ1) is 15.0. The van der Waals surface area contributed by atoms with Crippen molar-refractivity contribution in [2.45, 2.75) is 44.6 Å². The lowest BCUT2D eigenvalue weighted by Crippen LogP contribution is -2.45. The number of ether oxygens (including phenoxy) is 1. The summed E-state index contributed by atoms with van der Waals surface area (Å²) < 4.78 is 7.07. The van der Waals surface area contributed by atoms with Gasteiger partial charge in [-0.15, -0.1) is 0 Å². The highest BCUT2D eigenvalue weighted by Gasteiger charge is 2.47. The first-order chi connectivity index (χ1) is 9.38. The summed E-state index contributed by atoms with van der Waals surface area (Å²) in [7, 11) is 0. The molecule has 0 spiro atoms. The Morgan fingerprint density at radius 2 is 2.25 bits per heavy atom. The van der Waals surface area contributed by atoms with Gasteiger partial charge in [-0.3, -0.25) is 14.3 Å². The van der Waals surface area contributed by atoms with Crippen LogP contribution in [0.25, 0.3) is 0 Å². The topological polar surface area (TPSA) is 105 Å². The van der Waals surface area contributed by atoms with E-state index in [1.54, 1.807) is 0 Å². The third-order valence-electron chi connectivity index (χ3n) is 3.50. The minimum absolute atomic E-state index is 0.197. The summed E-state index contributed by atoms with van der Waals surface area (Å²) in [6, 6.07) is 1.24. The van der Waals surface area contributed by atoms with Crippen molar-refractivity contribution < 1.29 is 14.9 Å². The Morgan fingerprint density at radius 3 is 2.75 bits per heavy atom. The molecule has 2 rings (SSSR count). The van der Waals surface area contributed by atoms with Gasteiger partial charge in [0.1, 0.15) is 6.10 Å². The van der Waals surface area contributed by atoms with Crippen molar-refractivity contribution in [3.8, 4) is 0 Å². The fourth-order valence-electron chi connectivity index (χ4n) is 2.79. The summed E-state index contributed by atoms with van der Waals surface area (Å²) in [6.07, 6.45) is 0.482. The van der Waals surface area contributed by atoms with Crippen LogP contribution in [0.4, 0.5) is 0 Å². The standard InChI is InChI=1S/C13H20N2O5/c1-8(2)5-13(6-9(17)10(7-16)20-13)15-4-3-11(18)14-12(15)19/h3-4,8-10,16-17H,5-7H2,1-2H3,(H,14,18,19)/t9-,10+,13+/m0/s1. The summed E-state index contributed by atoms with van der Waals surface area (Å²) in [5.74, 6) is 0.207. The lowest BCUT2D eigenvalue weighted by Gasteiger charge is -2.32. The van der Waals surface area contributed by atoms with E-state index in [9.17, 15) is 19.8 Å². The van der Waals surface area contributed by atoms with Gasteiger partial charge in [0, 0.05) is 18.7 Å². The van der Waals surface area contributed by atoms with E-state index in [0.717, 1.165) is 0 Å². The average Bonchev–Trinajstić information content (AvgIpc) is 2.65. The molecule has 7 nitrogen and oxygen atoms in total. The SMILES string of the molecule is CC(C)C[C@]1(n2ccc(=O)[nH]c2=O)C[C@H](O)[C@@H](CO)O1. The monoisotopic (exact) mass is 284 g/mol. The van der Waals surface area contributed by atoms with Gasteiger partial charge >= 0.3 is 5.69 Å². The summed E-state index contributed by atoms with van der Waals surface area (Å²) in [5, 5.41) is 19.2. The number of aromatic nitrogens is 2. The molecule has 0 saturated carbocycles. The Kier molecular flexibility index (Phi) is 4.12. The molecular weight excluding hydrogens is 264 g/mol. The van der Waals surface area contributed by atoms with Gasteiger partial charge in [-0.1, -0.05) is 13.8 Å². The Hall–Kier alpha value is -1.44. The lowest BCUT2D eigenvalue weighted by atomic mass is 9.96. The van der Waals surface area contributed by atoms with Crippen molar-refractivity contribution in [1.29, 1.82) is 0 Å². The van der Waals surface area contributed by atoms with Crippen LogP contribution in [0, 0.1) is 5.92 Å². The molecule has 3 N–H and O–H groups in total. The molecule has 2 heterocycles. The maximum atomic E-state index is 12.0. The van der Waals surface area contributed by atoms with Crippen molar-refractivity contribution in [3.05, 3.63) is 33.1 Å². The molecule has 1 aliphatic rings. The first-order valence-electron chi connectivity index (χ1n) is 6.67. The van der Waals surface area contributed by atoms with Gasteiger partial charge < -0.3 is 14.9 Å². The Balaban J connectivity index is 2.48. The molecule has 1 aliphatic heterocycles. The van der Waals surface area contributed by atoms with Crippen LogP contribution in [0.2, 0.25) is 0 Å². The number of nitrogens with zero attached hydrogens (tertiary/aromatic N) is 1. The summed E-state index contributed by atoms with van der Waals surface area (Å²) in [6.45, 7) is 3.63. The number of aliphatic hydroxyl groups excluding tert-OH is 2. The van der Waals surface area contributed by atoms with Crippen LogP contribution < -0.4 is 11.2 Å². The largest absolute Gasteiger partial charge is 0.394 e. The predicted octanol–water partition coefficient (Wildman–Crippen LogP) is -0.622. The fraction of sp³-hybridized carbons (Fsp3) is 0.692. The molecule has 3 atom stereocenters. The Morgan fingerprint density at radius 1 is 1.55 bits per heavy atom. The van der Waals surface area contributed by atoms with E-state index in [2.05, 4.69) is 4.98 Å². The third kappa shape index (κ3) is 2.70. The first-order valence-corrected chi connectivity index (χ1v) is 6.67. The third-order valence-corrected chi connectivity index (χ3v) is 3.50. The van der Waals surface area contributed by atoms with Gasteiger partial charge in [-0.25, -0.2) is 4.79 Å². The number of rotatable bonds is 4. The van der Waals surface area contributed by atoms with Crippen LogP contribution in [0.1, 0.15) is 26.7 Å². The summed E-state index contributed by atoms with van der Waals surface area (Å²) >= 11 is 0. The maximum Gasteiger partial charge on any atom is 0.330 e. The van der Waals surface area contributed by atoms with Crippen LogP contribution in [-0.4, -0.2) is 38.6 Å². The van der Waals surface area contributed by atoms with E-state index in [-0.39, 0.29) is 18.9 Å². The van der Waals surface area contributed by atoms with E-state index in [4.69, 9.17) is 4.74 Å². The second kappa shape index (κ2) is 5.51. The van der Waals surface area contributed by atoms with Crippen molar-refractivity contribution in [2.75, 3.05) is 6.61 Å². The normalized spacial score (nSPS) is 30.1. The number of aromatic amines is 1. The summed E-state index contributed by atoms with van der Waals surface area (Å²) in [4.78, 5) is 25.4.